The molecule has 0 fully saturated rings. The number of hydrogen-bond acceptors (Lipinski definition) is 4. The van der Waals surface area contributed by atoms with Crippen molar-refractivity contribution in [3.63, 3.8) is 0 Å². The maximum atomic E-state index is 12.1. The molecule has 2 rings (SSSR count). The molecule has 0 aliphatic carbocycles. The molecular weight excluding hydrogens is 270 g/mol. The molecule has 0 unspecified atom stereocenters. The van der Waals surface area contributed by atoms with Gasteiger partial charge in [-0.15, -0.1) is 0 Å². The summed E-state index contributed by atoms with van der Waals surface area (Å²) in [5.41, 5.74) is 0.801. The monoisotopic (exact) mass is 285 g/mol. The molecule has 21 heavy (non-hydrogen) atoms. The molecule has 2 aromatic rings. The fourth-order valence-electron chi connectivity index (χ4n) is 1.95. The number of esters is 1. The number of rotatable bonds is 5. The number of carboxylic acids is 1. The van der Waals surface area contributed by atoms with Gasteiger partial charge in [-0.2, -0.15) is 0 Å². The Bertz CT molecular complexity index is 640. The largest absolute Gasteiger partial charge is 0.478 e. The van der Waals surface area contributed by atoms with Gasteiger partial charge >= 0.3 is 11.9 Å². The Kier molecular flexibility index (Phi) is 4.66. The number of hydrogen-bond donors (Lipinski definition) is 1. The second-order valence-corrected chi connectivity index (χ2v) is 4.59. The van der Waals surface area contributed by atoms with Crippen molar-refractivity contribution in [3.05, 3.63) is 65.5 Å². The minimum Gasteiger partial charge on any atom is -0.478 e. The van der Waals surface area contributed by atoms with Crippen LogP contribution in [0.15, 0.2) is 48.7 Å². The third-order valence-corrected chi connectivity index (χ3v) is 2.91. The van der Waals surface area contributed by atoms with E-state index in [1.165, 1.54) is 12.1 Å². The van der Waals surface area contributed by atoms with Crippen LogP contribution in [0.4, 0.5) is 0 Å². The summed E-state index contributed by atoms with van der Waals surface area (Å²) in [4.78, 5) is 27.3. The average molecular weight is 285 g/mol. The molecule has 1 N–H and O–H groups in total. The summed E-state index contributed by atoms with van der Waals surface area (Å²) in [5.74, 6) is -1.80. The molecule has 5 nitrogen and oxygen atoms in total. The molecule has 1 aromatic carbocycles. The number of carbonyl (C=O) groups is 2. The summed E-state index contributed by atoms with van der Waals surface area (Å²) in [5, 5.41) is 9.07. The predicted octanol–water partition coefficient (Wildman–Crippen LogP) is 2.57. The molecule has 0 aliphatic heterocycles. The first-order chi connectivity index (χ1) is 10.1. The Hall–Kier alpha value is -2.69. The first-order valence-corrected chi connectivity index (χ1v) is 6.51. The van der Waals surface area contributed by atoms with E-state index in [9.17, 15) is 9.59 Å². The quantitative estimate of drug-likeness (QED) is 0.854. The fourth-order valence-corrected chi connectivity index (χ4v) is 1.95. The summed E-state index contributed by atoms with van der Waals surface area (Å²) in [7, 11) is 0. The van der Waals surface area contributed by atoms with E-state index in [1.807, 2.05) is 18.2 Å². The lowest BCUT2D eigenvalue weighted by atomic mass is 10.1. The maximum absolute atomic E-state index is 12.1. The third kappa shape index (κ3) is 3.89. The highest BCUT2D eigenvalue weighted by Crippen LogP contribution is 2.12. The number of nitrogens with zero attached hydrogens (tertiary/aromatic N) is 1. The number of aromatic carboxylic acids is 1. The van der Waals surface area contributed by atoms with Crippen molar-refractivity contribution in [2.24, 2.45) is 0 Å². The van der Waals surface area contributed by atoms with E-state index in [0.29, 0.717) is 6.42 Å². The van der Waals surface area contributed by atoms with Gasteiger partial charge in [-0.05, 0) is 31.2 Å². The number of aromatic nitrogens is 1. The van der Waals surface area contributed by atoms with Gasteiger partial charge in [0, 0.05) is 18.3 Å². The van der Waals surface area contributed by atoms with E-state index in [0.717, 1.165) is 5.69 Å². The van der Waals surface area contributed by atoms with Gasteiger partial charge in [-0.25, -0.2) is 9.59 Å². The zero-order chi connectivity index (χ0) is 15.2. The van der Waals surface area contributed by atoms with Crippen LogP contribution < -0.4 is 0 Å². The maximum Gasteiger partial charge on any atom is 0.339 e. The van der Waals surface area contributed by atoms with E-state index < -0.39 is 18.0 Å². The van der Waals surface area contributed by atoms with Crippen molar-refractivity contribution in [2.45, 2.75) is 19.4 Å². The number of ether oxygens (including phenoxy) is 1. The number of carbonyl (C=O) groups excluding carboxylic acids is 1. The van der Waals surface area contributed by atoms with Crippen LogP contribution in [0.2, 0.25) is 0 Å². The van der Waals surface area contributed by atoms with Gasteiger partial charge in [0.25, 0.3) is 0 Å². The minimum absolute atomic E-state index is 0.0536. The smallest absolute Gasteiger partial charge is 0.339 e. The van der Waals surface area contributed by atoms with Crippen LogP contribution >= 0.6 is 0 Å². The van der Waals surface area contributed by atoms with Gasteiger partial charge in [-0.3, -0.25) is 4.98 Å². The fraction of sp³-hybridized carbons (Fsp3) is 0.188. The van der Waals surface area contributed by atoms with Crippen molar-refractivity contribution in [2.75, 3.05) is 0 Å². The van der Waals surface area contributed by atoms with Gasteiger partial charge in [0.15, 0.2) is 0 Å². The average Bonchev–Trinajstić information content (AvgIpc) is 2.48. The highest BCUT2D eigenvalue weighted by molar-refractivity contribution is 6.02. The standard InChI is InChI=1S/C16H15NO4/c1-11(10-12-6-4-5-9-17-12)21-16(20)14-8-3-2-7-13(14)15(18)19/h2-9,11H,10H2,1H3,(H,18,19)/t11-/m0/s1. The van der Waals surface area contributed by atoms with E-state index in [4.69, 9.17) is 9.84 Å². The molecule has 0 radical (unpaired) electrons. The zero-order valence-electron chi connectivity index (χ0n) is 11.5. The summed E-state index contributed by atoms with van der Waals surface area (Å²) < 4.78 is 5.29. The topological polar surface area (TPSA) is 76.5 Å². The number of carboxylic acid groups (broad SMARTS) is 1. The lowest BCUT2D eigenvalue weighted by Crippen LogP contribution is -2.19. The van der Waals surface area contributed by atoms with E-state index >= 15 is 0 Å². The van der Waals surface area contributed by atoms with Crippen LogP contribution in [0.3, 0.4) is 0 Å². The van der Waals surface area contributed by atoms with Gasteiger partial charge in [0.1, 0.15) is 6.10 Å². The van der Waals surface area contributed by atoms with E-state index in [1.54, 1.807) is 25.3 Å². The zero-order valence-corrected chi connectivity index (χ0v) is 11.5. The molecular formula is C16H15NO4. The van der Waals surface area contributed by atoms with Crippen LogP contribution in [-0.2, 0) is 11.2 Å². The molecule has 0 saturated heterocycles. The van der Waals surface area contributed by atoms with Crippen LogP contribution in [0.5, 0.6) is 0 Å². The Balaban J connectivity index is 2.06. The molecule has 1 heterocycles. The van der Waals surface area contributed by atoms with Gasteiger partial charge in [0.05, 0.1) is 11.1 Å². The van der Waals surface area contributed by atoms with Gasteiger partial charge < -0.3 is 9.84 Å². The van der Waals surface area contributed by atoms with Crippen LogP contribution in [0.1, 0.15) is 33.3 Å². The molecule has 5 heteroatoms. The second-order valence-electron chi connectivity index (χ2n) is 4.59. The first kappa shape index (κ1) is 14.7. The SMILES string of the molecule is C[C@@H](Cc1ccccn1)OC(=O)c1ccccc1C(=O)O. The first-order valence-electron chi connectivity index (χ1n) is 6.51. The Morgan fingerprint density at radius 1 is 1.14 bits per heavy atom. The molecule has 0 amide bonds. The third-order valence-electron chi connectivity index (χ3n) is 2.91. The molecule has 108 valence electrons. The van der Waals surface area contributed by atoms with Crippen LogP contribution in [0, 0.1) is 0 Å². The van der Waals surface area contributed by atoms with Crippen molar-refractivity contribution in [1.29, 1.82) is 0 Å². The minimum atomic E-state index is -1.15. The Morgan fingerprint density at radius 2 is 1.81 bits per heavy atom. The van der Waals surface area contributed by atoms with Crippen molar-refractivity contribution < 1.29 is 19.4 Å². The number of benzene rings is 1. The number of pyridine rings is 1. The molecule has 1 atom stereocenters. The molecule has 0 saturated carbocycles. The lowest BCUT2D eigenvalue weighted by Gasteiger charge is -2.13. The predicted molar refractivity (Wildman–Crippen MR) is 76.2 cm³/mol. The molecule has 0 spiro atoms. The van der Waals surface area contributed by atoms with E-state index in [-0.39, 0.29) is 11.1 Å². The summed E-state index contributed by atoms with van der Waals surface area (Å²) >= 11 is 0. The lowest BCUT2D eigenvalue weighted by molar-refractivity contribution is 0.0335. The summed E-state index contributed by atoms with van der Waals surface area (Å²) in [6, 6.07) is 11.5. The van der Waals surface area contributed by atoms with Gasteiger partial charge in [-0.1, -0.05) is 18.2 Å². The molecule has 1 aromatic heterocycles. The van der Waals surface area contributed by atoms with E-state index in [2.05, 4.69) is 4.98 Å². The van der Waals surface area contributed by atoms with Crippen molar-refractivity contribution in [3.8, 4) is 0 Å². The van der Waals surface area contributed by atoms with Crippen LogP contribution in [-0.4, -0.2) is 28.1 Å². The highest BCUT2D eigenvalue weighted by Gasteiger charge is 2.19. The normalized spacial score (nSPS) is 11.7. The highest BCUT2D eigenvalue weighted by atomic mass is 16.5. The molecule has 0 aliphatic rings. The van der Waals surface area contributed by atoms with Crippen LogP contribution in [0.25, 0.3) is 0 Å². The Morgan fingerprint density at radius 3 is 2.43 bits per heavy atom. The summed E-state index contributed by atoms with van der Waals surface area (Å²) in [6.07, 6.45) is 1.75. The van der Waals surface area contributed by atoms with Crippen molar-refractivity contribution >= 4 is 11.9 Å². The summed E-state index contributed by atoms with van der Waals surface area (Å²) in [6.45, 7) is 1.75. The van der Waals surface area contributed by atoms with Gasteiger partial charge in [0.2, 0.25) is 0 Å². The second kappa shape index (κ2) is 6.65. The molecule has 0 bridgehead atoms. The Labute approximate surface area is 122 Å². The van der Waals surface area contributed by atoms with Crippen molar-refractivity contribution in [1.82, 2.24) is 4.98 Å².